The van der Waals surface area contributed by atoms with Crippen LogP contribution in [0.25, 0.3) is 11.1 Å². The summed E-state index contributed by atoms with van der Waals surface area (Å²) in [4.78, 5) is 12.5. The molecule has 0 aliphatic carbocycles. The Morgan fingerprint density at radius 1 is 0.841 bits per heavy atom. The quantitative estimate of drug-likeness (QED) is 0.151. The Morgan fingerprint density at radius 3 is 2.18 bits per heavy atom. The number of halogens is 2. The van der Waals surface area contributed by atoms with E-state index in [1.165, 1.54) is 21.0 Å². The number of nitrogens with zero attached hydrogens (tertiary/aromatic N) is 2. The van der Waals surface area contributed by atoms with Crippen LogP contribution in [0.5, 0.6) is 17.2 Å². The van der Waals surface area contributed by atoms with Gasteiger partial charge in [-0.25, -0.2) is 13.1 Å². The molecule has 0 spiro atoms. The molecule has 44 heavy (non-hydrogen) atoms. The van der Waals surface area contributed by atoms with E-state index in [4.69, 9.17) is 9.47 Å². The fourth-order valence-corrected chi connectivity index (χ4v) is 5.61. The average molecular weight is 616 g/mol. The van der Waals surface area contributed by atoms with Crippen molar-refractivity contribution in [2.75, 3.05) is 6.61 Å². The standard InChI is InChI=1S/C34H30F2N2O5S/c1-3-42-32-20-33(39)37(2)22-28(32)27-18-25(14-16-30(27)43-31-17-15-26(35)19-29(31)36)34(24-12-8-5-9-13-24)38(44(40)41)21-23-10-6-4-7-11-23/h4-20,22,34H,3,21H2,1-2H3,(H,40,41)/p-1. The molecule has 0 aliphatic rings. The highest BCUT2D eigenvalue weighted by molar-refractivity contribution is 7.76. The van der Waals surface area contributed by atoms with Gasteiger partial charge in [-0.1, -0.05) is 66.7 Å². The second kappa shape index (κ2) is 13.8. The van der Waals surface area contributed by atoms with Crippen LogP contribution in [0.2, 0.25) is 0 Å². The van der Waals surface area contributed by atoms with Gasteiger partial charge in [0, 0.05) is 54.3 Å². The number of rotatable bonds is 11. The van der Waals surface area contributed by atoms with Crippen molar-refractivity contribution in [3.8, 4) is 28.4 Å². The van der Waals surface area contributed by atoms with Crippen LogP contribution in [0.3, 0.4) is 0 Å². The minimum absolute atomic E-state index is 0.0922. The molecule has 1 aromatic heterocycles. The molecule has 0 radical (unpaired) electrons. The van der Waals surface area contributed by atoms with Gasteiger partial charge in [0.2, 0.25) is 0 Å². The zero-order valence-electron chi connectivity index (χ0n) is 24.0. The van der Waals surface area contributed by atoms with E-state index in [0.717, 1.165) is 17.7 Å². The summed E-state index contributed by atoms with van der Waals surface area (Å²) in [7, 11) is 1.58. The molecule has 5 rings (SSSR count). The molecule has 7 nitrogen and oxygen atoms in total. The highest BCUT2D eigenvalue weighted by Crippen LogP contribution is 2.42. The Hall–Kier alpha value is -4.64. The van der Waals surface area contributed by atoms with Crippen LogP contribution in [0.4, 0.5) is 8.78 Å². The molecule has 2 atom stereocenters. The lowest BCUT2D eigenvalue weighted by molar-refractivity contribution is 0.336. The molecule has 10 heteroatoms. The molecular weight excluding hydrogens is 586 g/mol. The molecular formula is C34H29F2N2O5S-. The first-order valence-corrected chi connectivity index (χ1v) is 14.8. The highest BCUT2D eigenvalue weighted by atomic mass is 32.2. The second-order valence-electron chi connectivity index (χ2n) is 9.96. The topological polar surface area (TPSA) is 83.8 Å². The molecule has 0 fully saturated rings. The summed E-state index contributed by atoms with van der Waals surface area (Å²) >= 11 is -2.65. The van der Waals surface area contributed by atoms with Gasteiger partial charge in [0.15, 0.2) is 11.6 Å². The van der Waals surface area contributed by atoms with Crippen LogP contribution in [0.1, 0.15) is 29.7 Å². The molecule has 4 aromatic carbocycles. The predicted molar refractivity (Wildman–Crippen MR) is 164 cm³/mol. The third kappa shape index (κ3) is 6.94. The van der Waals surface area contributed by atoms with Gasteiger partial charge in [0.25, 0.3) is 5.56 Å². The largest absolute Gasteiger partial charge is 0.760 e. The molecule has 2 unspecified atom stereocenters. The van der Waals surface area contributed by atoms with Gasteiger partial charge in [-0.05, 0) is 47.9 Å². The van der Waals surface area contributed by atoms with E-state index < -0.39 is 28.9 Å². The molecule has 0 aliphatic heterocycles. The van der Waals surface area contributed by atoms with Crippen molar-refractivity contribution in [1.29, 1.82) is 0 Å². The number of hydrogen-bond acceptors (Lipinski definition) is 5. The Kier molecular flexibility index (Phi) is 9.64. The van der Waals surface area contributed by atoms with E-state index in [1.807, 2.05) is 60.7 Å². The first kappa shape index (κ1) is 30.8. The number of ether oxygens (including phenoxy) is 2. The van der Waals surface area contributed by atoms with E-state index in [2.05, 4.69) is 0 Å². The lowest BCUT2D eigenvalue weighted by Gasteiger charge is -2.34. The molecule has 1 heterocycles. The number of aryl methyl sites for hydroxylation is 1. The van der Waals surface area contributed by atoms with Crippen LogP contribution in [0, 0.1) is 11.6 Å². The lowest BCUT2D eigenvalue weighted by atomic mass is 9.94. The predicted octanol–water partition coefficient (Wildman–Crippen LogP) is 6.91. The van der Waals surface area contributed by atoms with E-state index >= 15 is 0 Å². The van der Waals surface area contributed by atoms with Crippen LogP contribution in [-0.4, -0.2) is 24.2 Å². The summed E-state index contributed by atoms with van der Waals surface area (Å²) in [5.41, 5.74) is 2.64. The minimum Gasteiger partial charge on any atom is -0.760 e. The molecule has 226 valence electrons. The van der Waals surface area contributed by atoms with Crippen LogP contribution < -0.4 is 15.0 Å². The van der Waals surface area contributed by atoms with E-state index in [0.29, 0.717) is 22.3 Å². The molecule has 0 amide bonds. The first-order chi connectivity index (χ1) is 21.2. The van der Waals surface area contributed by atoms with Gasteiger partial charge < -0.3 is 18.6 Å². The van der Waals surface area contributed by atoms with Crippen molar-refractivity contribution in [3.05, 3.63) is 148 Å². The number of aromatic nitrogens is 1. The maximum Gasteiger partial charge on any atom is 0.254 e. The Labute approximate surface area is 256 Å². The average Bonchev–Trinajstić information content (AvgIpc) is 3.01. The maximum atomic E-state index is 14.7. The van der Waals surface area contributed by atoms with Crippen molar-refractivity contribution in [1.82, 2.24) is 8.87 Å². The zero-order chi connectivity index (χ0) is 31.2. The number of benzene rings is 4. The van der Waals surface area contributed by atoms with Crippen molar-refractivity contribution >= 4 is 11.3 Å². The van der Waals surface area contributed by atoms with Gasteiger partial charge in [0.05, 0.1) is 12.6 Å². The normalized spacial score (nSPS) is 12.6. The third-order valence-corrected chi connectivity index (χ3v) is 7.71. The van der Waals surface area contributed by atoms with E-state index in [-0.39, 0.29) is 36.0 Å². The third-order valence-electron chi connectivity index (χ3n) is 6.99. The van der Waals surface area contributed by atoms with Crippen molar-refractivity contribution < 1.29 is 27.0 Å². The smallest absolute Gasteiger partial charge is 0.254 e. The molecule has 0 saturated carbocycles. The SMILES string of the molecule is CCOc1cc(=O)n(C)cc1-c1cc(C(c2ccccc2)N(Cc2ccccc2)S(=O)[O-])ccc1Oc1ccc(F)cc1F. The monoisotopic (exact) mass is 615 g/mol. The van der Waals surface area contributed by atoms with Gasteiger partial charge in [-0.2, -0.15) is 0 Å². The highest BCUT2D eigenvalue weighted by Gasteiger charge is 2.26. The minimum atomic E-state index is -2.65. The van der Waals surface area contributed by atoms with Gasteiger partial charge in [-0.15, -0.1) is 0 Å². The maximum absolute atomic E-state index is 14.7. The fourth-order valence-electron chi connectivity index (χ4n) is 4.94. The summed E-state index contributed by atoms with van der Waals surface area (Å²) in [5.74, 6) is -1.42. The van der Waals surface area contributed by atoms with Gasteiger partial charge in [0.1, 0.15) is 17.3 Å². The van der Waals surface area contributed by atoms with Crippen molar-refractivity contribution in [3.63, 3.8) is 0 Å². The number of pyridine rings is 1. The van der Waals surface area contributed by atoms with Crippen molar-refractivity contribution in [2.45, 2.75) is 19.5 Å². The summed E-state index contributed by atoms with van der Waals surface area (Å²) in [6.45, 7) is 2.13. The Bertz CT molecular complexity index is 1830. The molecule has 0 saturated heterocycles. The Morgan fingerprint density at radius 2 is 1.52 bits per heavy atom. The summed E-state index contributed by atoms with van der Waals surface area (Å²) < 4.78 is 68.5. The molecule has 5 aromatic rings. The lowest BCUT2D eigenvalue weighted by Crippen LogP contribution is -2.31. The number of hydrogen-bond donors (Lipinski definition) is 0. The van der Waals surface area contributed by atoms with Crippen LogP contribution >= 0.6 is 0 Å². The molecule has 0 bridgehead atoms. The fraction of sp³-hybridized carbons (Fsp3) is 0.147. The Balaban J connectivity index is 1.73. The second-order valence-corrected chi connectivity index (χ2v) is 10.9. The van der Waals surface area contributed by atoms with Crippen LogP contribution in [0.15, 0.2) is 114 Å². The molecule has 0 N–H and O–H groups in total. The summed E-state index contributed by atoms with van der Waals surface area (Å²) in [5, 5.41) is 0. The summed E-state index contributed by atoms with van der Waals surface area (Å²) in [6, 6.07) is 27.0. The van der Waals surface area contributed by atoms with Gasteiger partial charge in [-0.3, -0.25) is 9.00 Å². The first-order valence-electron chi connectivity index (χ1n) is 13.8. The van der Waals surface area contributed by atoms with Crippen molar-refractivity contribution in [2.24, 2.45) is 7.05 Å². The zero-order valence-corrected chi connectivity index (χ0v) is 24.8. The van der Waals surface area contributed by atoms with Crippen LogP contribution in [-0.2, 0) is 24.9 Å². The summed E-state index contributed by atoms with van der Waals surface area (Å²) in [6.07, 6.45) is 1.57. The van der Waals surface area contributed by atoms with E-state index in [9.17, 15) is 22.3 Å². The van der Waals surface area contributed by atoms with E-state index in [1.54, 1.807) is 38.4 Å². The van der Waals surface area contributed by atoms with Gasteiger partial charge >= 0.3 is 0 Å².